The highest BCUT2D eigenvalue weighted by molar-refractivity contribution is 6.13. The molecule has 1 aliphatic heterocycles. The summed E-state index contributed by atoms with van der Waals surface area (Å²) < 4.78 is 0. The summed E-state index contributed by atoms with van der Waals surface area (Å²) in [4.78, 5) is 40.0. The Kier molecular flexibility index (Phi) is 4.86. The first-order chi connectivity index (χ1) is 13.5. The molecule has 1 unspecified atom stereocenters. The Balaban J connectivity index is 1.43. The van der Waals surface area contributed by atoms with Crippen LogP contribution in [0.4, 0.5) is 10.5 Å². The van der Waals surface area contributed by atoms with E-state index in [1.807, 2.05) is 49.4 Å². The third-order valence-corrected chi connectivity index (χ3v) is 5.27. The number of rotatable bonds is 6. The molecule has 1 saturated heterocycles. The second-order valence-electron chi connectivity index (χ2n) is 7.48. The third kappa shape index (κ3) is 3.76. The number of hydrogen-bond acceptors (Lipinski definition) is 3. The lowest BCUT2D eigenvalue weighted by molar-refractivity contribution is -0.131. The fourth-order valence-electron chi connectivity index (χ4n) is 3.55. The van der Waals surface area contributed by atoms with Crippen molar-refractivity contribution in [1.29, 1.82) is 0 Å². The van der Waals surface area contributed by atoms with E-state index in [4.69, 9.17) is 0 Å². The summed E-state index contributed by atoms with van der Waals surface area (Å²) in [6.07, 6.45) is 2.14. The van der Waals surface area contributed by atoms with E-state index in [9.17, 15) is 14.4 Å². The monoisotopic (exact) mass is 377 g/mol. The maximum absolute atomic E-state index is 12.6. The van der Waals surface area contributed by atoms with Crippen LogP contribution in [-0.2, 0) is 9.59 Å². The van der Waals surface area contributed by atoms with Crippen LogP contribution in [0.15, 0.2) is 54.6 Å². The lowest BCUT2D eigenvalue weighted by atomic mass is 10.0. The van der Waals surface area contributed by atoms with Crippen LogP contribution >= 0.6 is 0 Å². The number of anilines is 1. The highest BCUT2D eigenvalue weighted by atomic mass is 16.2. The number of benzene rings is 2. The van der Waals surface area contributed by atoms with Crippen LogP contribution in [0.25, 0.3) is 0 Å². The molecule has 2 aromatic rings. The molecule has 1 saturated carbocycles. The lowest BCUT2D eigenvalue weighted by Gasteiger charge is -2.21. The average molecular weight is 377 g/mol. The van der Waals surface area contributed by atoms with Gasteiger partial charge < -0.3 is 5.32 Å². The van der Waals surface area contributed by atoms with Crippen LogP contribution in [0, 0.1) is 12.8 Å². The largest absolute Gasteiger partial charge is 0.347 e. The number of nitrogens with zero attached hydrogens (tertiary/aromatic N) is 2. The topological polar surface area (TPSA) is 69.7 Å². The second kappa shape index (κ2) is 7.46. The van der Waals surface area contributed by atoms with Gasteiger partial charge >= 0.3 is 6.03 Å². The molecule has 1 heterocycles. The number of urea groups is 1. The summed E-state index contributed by atoms with van der Waals surface area (Å²) in [6.45, 7) is 1.73. The van der Waals surface area contributed by atoms with Gasteiger partial charge in [0.05, 0.1) is 6.04 Å². The summed E-state index contributed by atoms with van der Waals surface area (Å²) in [6, 6.07) is 16.6. The van der Waals surface area contributed by atoms with Gasteiger partial charge in [0, 0.05) is 5.69 Å². The number of imide groups is 1. The molecule has 0 bridgehead atoms. The fraction of sp³-hybridized carbons (Fsp3) is 0.318. The Hall–Kier alpha value is -3.15. The van der Waals surface area contributed by atoms with E-state index >= 15 is 0 Å². The second-order valence-corrected chi connectivity index (χ2v) is 7.48. The summed E-state index contributed by atoms with van der Waals surface area (Å²) >= 11 is 0. The Bertz CT molecular complexity index is 891. The van der Waals surface area contributed by atoms with Gasteiger partial charge in [-0.1, -0.05) is 48.0 Å². The predicted molar refractivity (Wildman–Crippen MR) is 106 cm³/mol. The minimum Gasteiger partial charge on any atom is -0.347 e. The molecule has 28 heavy (non-hydrogen) atoms. The van der Waals surface area contributed by atoms with Crippen molar-refractivity contribution in [3.63, 3.8) is 0 Å². The van der Waals surface area contributed by atoms with Gasteiger partial charge in [0.2, 0.25) is 5.91 Å². The van der Waals surface area contributed by atoms with Crippen LogP contribution in [0.3, 0.4) is 0 Å². The first-order valence-corrected chi connectivity index (χ1v) is 9.56. The highest BCUT2D eigenvalue weighted by Gasteiger charge is 2.39. The van der Waals surface area contributed by atoms with Gasteiger partial charge in [-0.05, 0) is 43.4 Å². The van der Waals surface area contributed by atoms with Crippen LogP contribution in [-0.4, -0.2) is 35.8 Å². The van der Waals surface area contributed by atoms with E-state index < -0.39 is 6.03 Å². The van der Waals surface area contributed by atoms with Crippen molar-refractivity contribution in [2.24, 2.45) is 5.92 Å². The van der Waals surface area contributed by atoms with Crippen LogP contribution in [0.5, 0.6) is 0 Å². The van der Waals surface area contributed by atoms with Crippen LogP contribution in [0.1, 0.15) is 30.0 Å². The Morgan fingerprint density at radius 2 is 1.75 bits per heavy atom. The van der Waals surface area contributed by atoms with E-state index in [1.54, 1.807) is 12.1 Å². The van der Waals surface area contributed by atoms with Gasteiger partial charge in [-0.25, -0.2) is 4.79 Å². The minimum atomic E-state index is -0.454. The van der Waals surface area contributed by atoms with E-state index in [0.29, 0.717) is 11.6 Å². The maximum atomic E-state index is 12.6. The molecule has 1 aliphatic carbocycles. The third-order valence-electron chi connectivity index (χ3n) is 5.27. The molecule has 2 aliphatic rings. The van der Waals surface area contributed by atoms with E-state index in [-0.39, 0.29) is 30.9 Å². The van der Waals surface area contributed by atoms with Crippen molar-refractivity contribution in [3.05, 3.63) is 65.7 Å². The molecule has 2 aromatic carbocycles. The van der Waals surface area contributed by atoms with Gasteiger partial charge in [0.15, 0.2) is 0 Å². The minimum absolute atomic E-state index is 0.0415. The molecule has 6 heteroatoms. The predicted octanol–water partition coefficient (Wildman–Crippen LogP) is 3.03. The summed E-state index contributed by atoms with van der Waals surface area (Å²) in [5.41, 5.74) is 2.88. The van der Waals surface area contributed by atoms with Crippen molar-refractivity contribution in [2.45, 2.75) is 25.8 Å². The zero-order valence-corrected chi connectivity index (χ0v) is 15.8. The molecule has 2 fully saturated rings. The quantitative estimate of drug-likeness (QED) is 0.787. The Morgan fingerprint density at radius 1 is 1.07 bits per heavy atom. The smallest absolute Gasteiger partial charge is 0.332 e. The maximum Gasteiger partial charge on any atom is 0.332 e. The van der Waals surface area contributed by atoms with Crippen molar-refractivity contribution < 1.29 is 14.4 Å². The van der Waals surface area contributed by atoms with E-state index in [1.165, 1.54) is 10.5 Å². The van der Waals surface area contributed by atoms with Crippen molar-refractivity contribution in [1.82, 2.24) is 10.2 Å². The molecule has 144 valence electrons. The van der Waals surface area contributed by atoms with Crippen molar-refractivity contribution in [2.75, 3.05) is 18.0 Å². The molecule has 0 radical (unpaired) electrons. The van der Waals surface area contributed by atoms with Gasteiger partial charge in [0.1, 0.15) is 13.1 Å². The van der Waals surface area contributed by atoms with Crippen molar-refractivity contribution >= 4 is 23.5 Å². The lowest BCUT2D eigenvalue weighted by Crippen LogP contribution is -2.42. The molecule has 0 aromatic heterocycles. The molecule has 6 nitrogen and oxygen atoms in total. The van der Waals surface area contributed by atoms with Gasteiger partial charge in [-0.3, -0.25) is 19.4 Å². The Labute approximate surface area is 164 Å². The molecular formula is C22H23N3O3. The highest BCUT2D eigenvalue weighted by Crippen LogP contribution is 2.41. The molecule has 4 rings (SSSR count). The molecule has 1 N–H and O–H groups in total. The molecule has 0 spiro atoms. The standard InChI is InChI=1S/C22H23N3O3/c1-15-7-9-16(10-8-15)21(17-11-12-17)23-19(26)13-25-20(27)14-24(22(25)28)18-5-3-2-4-6-18/h2-10,17,21H,11-14H2,1H3,(H,23,26). The van der Waals surface area contributed by atoms with E-state index in [2.05, 4.69) is 5.32 Å². The van der Waals surface area contributed by atoms with Crippen LogP contribution in [0.2, 0.25) is 0 Å². The first-order valence-electron chi connectivity index (χ1n) is 9.56. The number of amides is 4. The molecular weight excluding hydrogens is 354 g/mol. The summed E-state index contributed by atoms with van der Waals surface area (Å²) in [5.74, 6) is -0.256. The summed E-state index contributed by atoms with van der Waals surface area (Å²) in [5, 5.41) is 3.03. The zero-order chi connectivity index (χ0) is 19.7. The SMILES string of the molecule is Cc1ccc(C(NC(=O)CN2C(=O)CN(c3ccccc3)C2=O)C2CC2)cc1. The number of para-hydroxylation sites is 1. The fourth-order valence-corrected chi connectivity index (χ4v) is 3.55. The van der Waals surface area contributed by atoms with E-state index in [0.717, 1.165) is 23.3 Å². The van der Waals surface area contributed by atoms with Gasteiger partial charge in [-0.2, -0.15) is 0 Å². The number of carbonyl (C=O) groups excluding carboxylic acids is 3. The normalized spacial score (nSPS) is 17.8. The number of carbonyl (C=O) groups is 3. The number of hydrogen-bond donors (Lipinski definition) is 1. The number of nitrogens with one attached hydrogen (secondary N) is 1. The molecule has 4 amide bonds. The van der Waals surface area contributed by atoms with Gasteiger partial charge in [-0.15, -0.1) is 0 Å². The zero-order valence-electron chi connectivity index (χ0n) is 15.8. The average Bonchev–Trinajstić information content (AvgIpc) is 3.50. The Morgan fingerprint density at radius 3 is 2.39 bits per heavy atom. The first kappa shape index (κ1) is 18.2. The molecule has 1 atom stereocenters. The van der Waals surface area contributed by atoms with Gasteiger partial charge in [0.25, 0.3) is 5.91 Å². The van der Waals surface area contributed by atoms with Crippen molar-refractivity contribution in [3.8, 4) is 0 Å². The summed E-state index contributed by atoms with van der Waals surface area (Å²) in [7, 11) is 0. The number of aryl methyl sites for hydroxylation is 1. The van der Waals surface area contributed by atoms with Crippen LogP contribution < -0.4 is 10.2 Å².